The van der Waals surface area contributed by atoms with Gasteiger partial charge in [-0.15, -0.1) is 0 Å². The van der Waals surface area contributed by atoms with Gasteiger partial charge in [-0.3, -0.25) is 4.72 Å². The van der Waals surface area contributed by atoms with Gasteiger partial charge in [0.05, 0.1) is 5.75 Å². The Kier molecular flexibility index (Phi) is 6.71. The second-order valence-electron chi connectivity index (χ2n) is 6.70. The highest BCUT2D eigenvalue weighted by Gasteiger charge is 2.11. The van der Waals surface area contributed by atoms with E-state index in [9.17, 15) is 8.42 Å². The lowest BCUT2D eigenvalue weighted by molar-refractivity contribution is 0.600. The van der Waals surface area contributed by atoms with Crippen LogP contribution in [0.15, 0.2) is 84.9 Å². The number of benzene rings is 3. The minimum absolute atomic E-state index is 0.0634. The SMILES string of the molecule is CCN(Cc1ccccc1)c1ccc(NS(=O)(=O)CCc2ccccc2)cc1. The van der Waals surface area contributed by atoms with Gasteiger partial charge in [0.25, 0.3) is 0 Å². The highest BCUT2D eigenvalue weighted by atomic mass is 32.2. The maximum absolute atomic E-state index is 12.4. The molecular formula is C23H26N2O2S. The summed E-state index contributed by atoms with van der Waals surface area (Å²) in [6, 6.07) is 27.5. The molecule has 0 aliphatic heterocycles. The summed E-state index contributed by atoms with van der Waals surface area (Å²) in [5, 5.41) is 0. The molecule has 0 unspecified atom stereocenters. The number of nitrogens with one attached hydrogen (secondary N) is 1. The molecule has 0 bridgehead atoms. The molecule has 146 valence electrons. The van der Waals surface area contributed by atoms with E-state index in [0.717, 1.165) is 24.3 Å². The number of nitrogens with zero attached hydrogens (tertiary/aromatic N) is 1. The van der Waals surface area contributed by atoms with Crippen LogP contribution in [-0.4, -0.2) is 20.7 Å². The lowest BCUT2D eigenvalue weighted by Crippen LogP contribution is -2.22. The van der Waals surface area contributed by atoms with E-state index in [0.29, 0.717) is 12.1 Å². The Morgan fingerprint density at radius 3 is 1.93 bits per heavy atom. The zero-order valence-electron chi connectivity index (χ0n) is 16.1. The van der Waals surface area contributed by atoms with E-state index in [1.54, 1.807) is 0 Å². The summed E-state index contributed by atoms with van der Waals surface area (Å²) in [7, 11) is -3.38. The largest absolute Gasteiger partial charge is 0.367 e. The molecule has 0 radical (unpaired) electrons. The summed E-state index contributed by atoms with van der Waals surface area (Å²) in [6.07, 6.45) is 0.495. The Balaban J connectivity index is 1.61. The van der Waals surface area contributed by atoms with Crippen LogP contribution in [-0.2, 0) is 23.0 Å². The third-order valence-electron chi connectivity index (χ3n) is 4.61. The molecule has 5 heteroatoms. The molecule has 0 aliphatic carbocycles. The Hall–Kier alpha value is -2.79. The van der Waals surface area contributed by atoms with Crippen molar-refractivity contribution in [3.8, 4) is 0 Å². The number of hydrogen-bond donors (Lipinski definition) is 1. The Bertz CT molecular complexity index is 957. The first-order chi connectivity index (χ1) is 13.6. The first-order valence-electron chi connectivity index (χ1n) is 9.49. The van der Waals surface area contributed by atoms with Gasteiger partial charge in [-0.25, -0.2) is 8.42 Å². The fraction of sp³-hybridized carbons (Fsp3) is 0.217. The van der Waals surface area contributed by atoms with Crippen molar-refractivity contribution in [3.05, 3.63) is 96.1 Å². The van der Waals surface area contributed by atoms with Crippen LogP contribution in [0, 0.1) is 0 Å². The third-order valence-corrected chi connectivity index (χ3v) is 5.89. The number of anilines is 2. The molecule has 0 spiro atoms. The van der Waals surface area contributed by atoms with E-state index in [1.165, 1.54) is 5.56 Å². The topological polar surface area (TPSA) is 49.4 Å². The molecule has 0 saturated carbocycles. The van der Waals surface area contributed by atoms with Crippen LogP contribution >= 0.6 is 0 Å². The lowest BCUT2D eigenvalue weighted by Gasteiger charge is -2.23. The Morgan fingerprint density at radius 2 is 1.36 bits per heavy atom. The summed E-state index contributed by atoms with van der Waals surface area (Å²) in [4.78, 5) is 2.25. The Labute approximate surface area is 167 Å². The molecular weight excluding hydrogens is 368 g/mol. The molecule has 4 nitrogen and oxygen atoms in total. The van der Waals surface area contributed by atoms with E-state index in [2.05, 4.69) is 28.7 Å². The first-order valence-corrected chi connectivity index (χ1v) is 11.1. The van der Waals surface area contributed by atoms with E-state index >= 15 is 0 Å². The second kappa shape index (κ2) is 9.42. The summed E-state index contributed by atoms with van der Waals surface area (Å²) in [5.74, 6) is 0.0634. The predicted octanol–water partition coefficient (Wildman–Crippen LogP) is 4.70. The van der Waals surface area contributed by atoms with Crippen molar-refractivity contribution < 1.29 is 8.42 Å². The summed E-state index contributed by atoms with van der Waals surface area (Å²) in [5.41, 5.74) is 3.92. The zero-order valence-corrected chi connectivity index (χ0v) is 16.9. The van der Waals surface area contributed by atoms with Crippen molar-refractivity contribution in [1.29, 1.82) is 0 Å². The number of hydrogen-bond acceptors (Lipinski definition) is 3. The van der Waals surface area contributed by atoms with Crippen LogP contribution in [0.5, 0.6) is 0 Å². The highest BCUT2D eigenvalue weighted by molar-refractivity contribution is 7.92. The van der Waals surface area contributed by atoms with E-state index in [4.69, 9.17) is 0 Å². The molecule has 3 aromatic rings. The van der Waals surface area contributed by atoms with E-state index in [1.807, 2.05) is 72.8 Å². The van der Waals surface area contributed by atoms with Crippen molar-refractivity contribution >= 4 is 21.4 Å². The molecule has 1 N–H and O–H groups in total. The van der Waals surface area contributed by atoms with Gasteiger partial charge in [0.2, 0.25) is 10.0 Å². The van der Waals surface area contributed by atoms with Crippen LogP contribution in [0.2, 0.25) is 0 Å². The van der Waals surface area contributed by atoms with Crippen molar-refractivity contribution in [2.24, 2.45) is 0 Å². The van der Waals surface area contributed by atoms with Gasteiger partial charge in [-0.05, 0) is 48.7 Å². The minimum atomic E-state index is -3.38. The quantitative estimate of drug-likeness (QED) is 0.572. The van der Waals surface area contributed by atoms with Gasteiger partial charge in [0.15, 0.2) is 0 Å². The molecule has 0 amide bonds. The average Bonchev–Trinajstić information content (AvgIpc) is 2.73. The molecule has 0 heterocycles. The van der Waals surface area contributed by atoms with Crippen LogP contribution in [0.25, 0.3) is 0 Å². The summed E-state index contributed by atoms with van der Waals surface area (Å²) >= 11 is 0. The molecule has 0 atom stereocenters. The standard InChI is InChI=1S/C23H26N2O2S/c1-2-25(19-21-11-7-4-8-12-21)23-15-13-22(14-16-23)24-28(26,27)18-17-20-9-5-3-6-10-20/h3-16,24H,2,17-19H2,1H3. The van der Waals surface area contributed by atoms with Gasteiger partial charge in [-0.1, -0.05) is 60.7 Å². The lowest BCUT2D eigenvalue weighted by atomic mass is 10.2. The molecule has 3 aromatic carbocycles. The average molecular weight is 395 g/mol. The van der Waals surface area contributed by atoms with Crippen molar-refractivity contribution in [2.75, 3.05) is 21.9 Å². The van der Waals surface area contributed by atoms with Crippen molar-refractivity contribution in [3.63, 3.8) is 0 Å². The molecule has 28 heavy (non-hydrogen) atoms. The summed E-state index contributed by atoms with van der Waals surface area (Å²) < 4.78 is 27.4. The molecule has 0 aromatic heterocycles. The van der Waals surface area contributed by atoms with Gasteiger partial charge in [0.1, 0.15) is 0 Å². The molecule has 3 rings (SSSR count). The summed E-state index contributed by atoms with van der Waals surface area (Å²) in [6.45, 7) is 3.81. The third kappa shape index (κ3) is 5.86. The van der Waals surface area contributed by atoms with E-state index in [-0.39, 0.29) is 5.75 Å². The number of rotatable bonds is 9. The van der Waals surface area contributed by atoms with Crippen molar-refractivity contribution in [2.45, 2.75) is 19.9 Å². The van der Waals surface area contributed by atoms with Crippen LogP contribution in [0.1, 0.15) is 18.1 Å². The van der Waals surface area contributed by atoms with Gasteiger partial charge in [0, 0.05) is 24.5 Å². The molecule has 0 saturated heterocycles. The van der Waals surface area contributed by atoms with Crippen LogP contribution in [0.4, 0.5) is 11.4 Å². The zero-order chi connectivity index (χ0) is 19.8. The minimum Gasteiger partial charge on any atom is -0.367 e. The van der Waals surface area contributed by atoms with Gasteiger partial charge in [-0.2, -0.15) is 0 Å². The second-order valence-corrected chi connectivity index (χ2v) is 8.55. The molecule has 0 fully saturated rings. The normalized spacial score (nSPS) is 11.2. The van der Waals surface area contributed by atoms with Gasteiger partial charge < -0.3 is 4.90 Å². The monoisotopic (exact) mass is 394 g/mol. The maximum atomic E-state index is 12.4. The smallest absolute Gasteiger partial charge is 0.233 e. The Morgan fingerprint density at radius 1 is 0.786 bits per heavy atom. The number of aryl methyl sites for hydroxylation is 1. The number of sulfonamides is 1. The predicted molar refractivity (Wildman–Crippen MR) is 117 cm³/mol. The fourth-order valence-corrected chi connectivity index (χ4v) is 4.16. The van der Waals surface area contributed by atoms with Gasteiger partial charge >= 0.3 is 0 Å². The molecule has 0 aliphatic rings. The fourth-order valence-electron chi connectivity index (χ4n) is 3.06. The van der Waals surface area contributed by atoms with Crippen LogP contribution in [0.3, 0.4) is 0 Å². The maximum Gasteiger partial charge on any atom is 0.233 e. The van der Waals surface area contributed by atoms with E-state index < -0.39 is 10.0 Å². The van der Waals surface area contributed by atoms with Crippen LogP contribution < -0.4 is 9.62 Å². The first kappa shape index (κ1) is 20.0. The highest BCUT2D eigenvalue weighted by Crippen LogP contribution is 2.21. The van der Waals surface area contributed by atoms with Crippen molar-refractivity contribution in [1.82, 2.24) is 0 Å².